The van der Waals surface area contributed by atoms with Crippen molar-refractivity contribution in [3.63, 3.8) is 0 Å². The van der Waals surface area contributed by atoms with Crippen molar-refractivity contribution in [2.45, 2.75) is 24.8 Å². The molecule has 14 heavy (non-hydrogen) atoms. The van der Waals surface area contributed by atoms with Crippen molar-refractivity contribution in [2.75, 3.05) is 7.05 Å². The Morgan fingerprint density at radius 1 is 1.36 bits per heavy atom. The highest BCUT2D eigenvalue weighted by atomic mass is 19.1. The van der Waals surface area contributed by atoms with Crippen molar-refractivity contribution in [3.05, 3.63) is 35.4 Å². The van der Waals surface area contributed by atoms with E-state index in [1.165, 1.54) is 12.1 Å². The van der Waals surface area contributed by atoms with Crippen molar-refractivity contribution < 1.29 is 8.78 Å². The molecule has 1 N–H and O–H groups in total. The number of rotatable bonds is 3. The van der Waals surface area contributed by atoms with Gasteiger partial charge in [0.15, 0.2) is 0 Å². The molecule has 0 saturated heterocycles. The van der Waals surface area contributed by atoms with Gasteiger partial charge in [-0.25, -0.2) is 8.78 Å². The largest absolute Gasteiger partial charge is 0.314 e. The molecule has 1 saturated carbocycles. The number of hydrogen-bond acceptors (Lipinski definition) is 1. The monoisotopic (exact) mass is 197 g/mol. The molecule has 1 aromatic rings. The normalized spacial score (nSPS) is 18.2. The van der Waals surface area contributed by atoms with E-state index in [1.807, 2.05) is 7.05 Å². The Labute approximate surface area is 82.1 Å². The molecule has 1 aliphatic rings. The molecular formula is C11H13F2N. The molecule has 1 aliphatic carbocycles. The van der Waals surface area contributed by atoms with E-state index in [4.69, 9.17) is 0 Å². The summed E-state index contributed by atoms with van der Waals surface area (Å²) in [5.74, 6) is -0.952. The van der Waals surface area contributed by atoms with E-state index in [1.54, 1.807) is 0 Å². The summed E-state index contributed by atoms with van der Waals surface area (Å²) >= 11 is 0. The number of likely N-dealkylation sites (N-methyl/N-ethyl adjacent to an activating group) is 1. The third kappa shape index (κ3) is 1.77. The van der Waals surface area contributed by atoms with Gasteiger partial charge in [0, 0.05) is 11.6 Å². The zero-order chi connectivity index (χ0) is 10.2. The van der Waals surface area contributed by atoms with Crippen LogP contribution in [0.2, 0.25) is 0 Å². The zero-order valence-corrected chi connectivity index (χ0v) is 8.11. The fourth-order valence-electron chi connectivity index (χ4n) is 1.70. The Balaban J connectivity index is 2.17. The van der Waals surface area contributed by atoms with Gasteiger partial charge in [-0.1, -0.05) is 6.07 Å². The Hall–Kier alpha value is -0.960. The molecule has 0 unspecified atom stereocenters. The predicted octanol–water partition coefficient (Wildman–Crippen LogP) is 2.26. The first-order valence-electron chi connectivity index (χ1n) is 4.78. The average molecular weight is 197 g/mol. The quantitative estimate of drug-likeness (QED) is 0.783. The number of nitrogens with one attached hydrogen (secondary N) is 1. The second kappa shape index (κ2) is 3.31. The Morgan fingerprint density at radius 3 is 2.57 bits per heavy atom. The predicted molar refractivity (Wildman–Crippen MR) is 51.1 cm³/mol. The maximum Gasteiger partial charge on any atom is 0.129 e. The highest BCUT2D eigenvalue weighted by molar-refractivity contribution is 5.23. The molecule has 0 aliphatic heterocycles. The molecule has 2 rings (SSSR count). The van der Waals surface area contributed by atoms with Gasteiger partial charge in [-0.15, -0.1) is 0 Å². The lowest BCUT2D eigenvalue weighted by Gasteiger charge is -2.14. The maximum absolute atomic E-state index is 13.3. The molecular weight excluding hydrogens is 184 g/mol. The lowest BCUT2D eigenvalue weighted by atomic mass is 10.0. The van der Waals surface area contributed by atoms with Crippen molar-refractivity contribution in [2.24, 2.45) is 0 Å². The number of hydrogen-bond donors (Lipinski definition) is 1. The van der Waals surface area contributed by atoms with Gasteiger partial charge in [0.1, 0.15) is 11.6 Å². The van der Waals surface area contributed by atoms with Gasteiger partial charge in [-0.2, -0.15) is 0 Å². The molecule has 0 bridgehead atoms. The summed E-state index contributed by atoms with van der Waals surface area (Å²) in [5, 5.41) is 3.18. The second-order valence-corrected chi connectivity index (χ2v) is 3.94. The molecule has 1 aromatic carbocycles. The average Bonchev–Trinajstić information content (AvgIpc) is 2.91. The van der Waals surface area contributed by atoms with Crippen LogP contribution in [0, 0.1) is 11.6 Å². The van der Waals surface area contributed by atoms with E-state index >= 15 is 0 Å². The highest BCUT2D eigenvalue weighted by Crippen LogP contribution is 2.38. The number of benzene rings is 1. The molecule has 0 amide bonds. The van der Waals surface area contributed by atoms with Gasteiger partial charge in [0.25, 0.3) is 0 Å². The van der Waals surface area contributed by atoms with E-state index in [2.05, 4.69) is 5.32 Å². The van der Waals surface area contributed by atoms with Gasteiger partial charge < -0.3 is 5.32 Å². The first-order valence-corrected chi connectivity index (χ1v) is 4.78. The van der Waals surface area contributed by atoms with E-state index in [0.717, 1.165) is 18.9 Å². The van der Waals surface area contributed by atoms with Crippen LogP contribution in [0.25, 0.3) is 0 Å². The first kappa shape index (κ1) is 9.59. The minimum absolute atomic E-state index is 0.0681. The minimum atomic E-state index is -0.513. The van der Waals surface area contributed by atoms with Crippen LogP contribution < -0.4 is 5.32 Å². The van der Waals surface area contributed by atoms with Crippen LogP contribution in [0.1, 0.15) is 18.4 Å². The summed E-state index contributed by atoms with van der Waals surface area (Å²) in [6, 6.07) is 3.79. The Bertz CT molecular complexity index is 345. The minimum Gasteiger partial charge on any atom is -0.314 e. The summed E-state index contributed by atoms with van der Waals surface area (Å²) in [4.78, 5) is 0. The van der Waals surface area contributed by atoms with Crippen LogP contribution in [-0.2, 0) is 6.42 Å². The van der Waals surface area contributed by atoms with Gasteiger partial charge in [0.2, 0.25) is 0 Å². The summed E-state index contributed by atoms with van der Waals surface area (Å²) in [7, 11) is 1.88. The SMILES string of the molecule is CNC1(Cc2ccc(F)cc2F)CC1. The van der Waals surface area contributed by atoms with Gasteiger partial charge in [-0.3, -0.25) is 0 Å². The molecule has 0 spiro atoms. The topological polar surface area (TPSA) is 12.0 Å². The van der Waals surface area contributed by atoms with Crippen molar-refractivity contribution >= 4 is 0 Å². The van der Waals surface area contributed by atoms with Gasteiger partial charge >= 0.3 is 0 Å². The van der Waals surface area contributed by atoms with E-state index in [9.17, 15) is 8.78 Å². The Kier molecular flexibility index (Phi) is 2.27. The molecule has 76 valence electrons. The van der Waals surface area contributed by atoms with E-state index < -0.39 is 11.6 Å². The maximum atomic E-state index is 13.3. The third-order valence-electron chi connectivity index (χ3n) is 2.93. The summed E-state index contributed by atoms with van der Waals surface area (Å²) in [5.41, 5.74) is 0.664. The van der Waals surface area contributed by atoms with Crippen LogP contribution in [0.3, 0.4) is 0 Å². The molecule has 1 fully saturated rings. The molecule has 3 heteroatoms. The Morgan fingerprint density at radius 2 is 2.07 bits per heavy atom. The van der Waals surface area contributed by atoms with E-state index in [-0.39, 0.29) is 5.54 Å². The molecule has 0 heterocycles. The lowest BCUT2D eigenvalue weighted by Crippen LogP contribution is -2.29. The van der Waals surface area contributed by atoms with Crippen LogP contribution in [0.5, 0.6) is 0 Å². The fourth-order valence-corrected chi connectivity index (χ4v) is 1.70. The molecule has 0 aromatic heterocycles. The fraction of sp³-hybridized carbons (Fsp3) is 0.455. The van der Waals surface area contributed by atoms with Crippen molar-refractivity contribution in [1.29, 1.82) is 0 Å². The summed E-state index contributed by atoms with van der Waals surface area (Å²) in [6.45, 7) is 0. The highest BCUT2D eigenvalue weighted by Gasteiger charge is 2.41. The van der Waals surface area contributed by atoms with Crippen LogP contribution >= 0.6 is 0 Å². The third-order valence-corrected chi connectivity index (χ3v) is 2.93. The van der Waals surface area contributed by atoms with Gasteiger partial charge in [0.05, 0.1) is 0 Å². The first-order chi connectivity index (χ1) is 6.65. The van der Waals surface area contributed by atoms with Crippen LogP contribution in [-0.4, -0.2) is 12.6 Å². The summed E-state index contributed by atoms with van der Waals surface area (Å²) < 4.78 is 25.9. The molecule has 0 radical (unpaired) electrons. The smallest absolute Gasteiger partial charge is 0.129 e. The lowest BCUT2D eigenvalue weighted by molar-refractivity contribution is 0.517. The second-order valence-electron chi connectivity index (χ2n) is 3.94. The van der Waals surface area contributed by atoms with Crippen LogP contribution in [0.4, 0.5) is 8.78 Å². The zero-order valence-electron chi connectivity index (χ0n) is 8.11. The van der Waals surface area contributed by atoms with Crippen molar-refractivity contribution in [1.82, 2.24) is 5.32 Å². The molecule has 0 atom stereocenters. The van der Waals surface area contributed by atoms with E-state index in [0.29, 0.717) is 12.0 Å². The van der Waals surface area contributed by atoms with Crippen molar-refractivity contribution in [3.8, 4) is 0 Å². The van der Waals surface area contributed by atoms with Crippen LogP contribution in [0.15, 0.2) is 18.2 Å². The van der Waals surface area contributed by atoms with Gasteiger partial charge in [-0.05, 0) is 37.9 Å². The standard InChI is InChI=1S/C11H13F2N/c1-14-11(4-5-11)7-8-2-3-9(12)6-10(8)13/h2-3,6,14H,4-5,7H2,1H3. The number of halogens is 2. The molecule has 1 nitrogen and oxygen atoms in total. The summed E-state index contributed by atoms with van der Waals surface area (Å²) in [6.07, 6.45) is 2.79.